The summed E-state index contributed by atoms with van der Waals surface area (Å²) in [5, 5.41) is -0.950. The maximum atomic E-state index is 11.7. The van der Waals surface area contributed by atoms with Crippen LogP contribution in [-0.4, -0.2) is 33.0 Å². The Bertz CT molecular complexity index is 520. The summed E-state index contributed by atoms with van der Waals surface area (Å²) in [6.07, 6.45) is 1.01. The van der Waals surface area contributed by atoms with Gasteiger partial charge in [0.25, 0.3) is 10.1 Å². The second kappa shape index (κ2) is 6.22. The van der Waals surface area contributed by atoms with E-state index in [1.807, 2.05) is 13.0 Å². The van der Waals surface area contributed by atoms with Gasteiger partial charge in [-0.15, -0.1) is 0 Å². The summed E-state index contributed by atoms with van der Waals surface area (Å²) in [6.45, 7) is 3.11. The average Bonchev–Trinajstić information content (AvgIpc) is 2.45. The maximum absolute atomic E-state index is 11.7. The monoisotopic (exact) mass is 300 g/mol. The molecule has 1 aromatic rings. The fourth-order valence-electron chi connectivity index (χ4n) is 2.54. The van der Waals surface area contributed by atoms with Crippen LogP contribution in [0.1, 0.15) is 30.6 Å². The Kier molecular flexibility index (Phi) is 4.80. The van der Waals surface area contributed by atoms with Crippen LogP contribution < -0.4 is 0 Å². The number of benzene rings is 1. The summed E-state index contributed by atoms with van der Waals surface area (Å²) in [5.74, 6) is 0. The van der Waals surface area contributed by atoms with Crippen molar-refractivity contribution < 1.29 is 22.4 Å². The Labute approximate surface area is 119 Å². The smallest absolute Gasteiger partial charge is 0.272 e. The predicted octanol–water partition coefficient (Wildman–Crippen LogP) is 2.41. The van der Waals surface area contributed by atoms with Crippen LogP contribution in [0.5, 0.6) is 0 Å². The topological polar surface area (TPSA) is 72.8 Å². The molecule has 1 fully saturated rings. The van der Waals surface area contributed by atoms with Gasteiger partial charge in [-0.3, -0.25) is 4.55 Å². The zero-order valence-electron chi connectivity index (χ0n) is 11.5. The first-order valence-electron chi connectivity index (χ1n) is 6.64. The number of rotatable bonds is 5. The van der Waals surface area contributed by atoms with Gasteiger partial charge in [-0.2, -0.15) is 8.42 Å². The maximum Gasteiger partial charge on any atom is 0.272 e. The first kappa shape index (κ1) is 15.4. The number of ether oxygens (including phenoxy) is 2. The molecular formula is C14H20O5S. The minimum Gasteiger partial charge on any atom is -0.355 e. The molecule has 1 atom stereocenters. The highest BCUT2D eigenvalue weighted by molar-refractivity contribution is 7.86. The SMILES string of the molecule is CCC1(CC(c2ccccc2)S(=O)(=O)O)COCOC1. The molecule has 0 bridgehead atoms. The van der Waals surface area contributed by atoms with E-state index < -0.39 is 15.4 Å². The van der Waals surface area contributed by atoms with Crippen LogP contribution in [0.15, 0.2) is 30.3 Å². The van der Waals surface area contributed by atoms with Crippen LogP contribution in [0.3, 0.4) is 0 Å². The van der Waals surface area contributed by atoms with E-state index in [2.05, 4.69) is 0 Å². The van der Waals surface area contributed by atoms with Gasteiger partial charge >= 0.3 is 0 Å². The molecule has 1 unspecified atom stereocenters. The molecule has 2 rings (SSSR count). The van der Waals surface area contributed by atoms with Crippen LogP contribution in [0, 0.1) is 5.41 Å². The third-order valence-corrected chi connectivity index (χ3v) is 5.04. The van der Waals surface area contributed by atoms with Gasteiger partial charge in [0.1, 0.15) is 12.0 Å². The van der Waals surface area contributed by atoms with Crippen LogP contribution in [0.4, 0.5) is 0 Å². The lowest BCUT2D eigenvalue weighted by Crippen LogP contribution is -2.39. The molecule has 1 aliphatic heterocycles. The zero-order valence-corrected chi connectivity index (χ0v) is 12.3. The van der Waals surface area contributed by atoms with Crippen molar-refractivity contribution in [3.8, 4) is 0 Å². The lowest BCUT2D eigenvalue weighted by molar-refractivity contribution is -0.168. The quantitative estimate of drug-likeness (QED) is 0.845. The molecular weight excluding hydrogens is 280 g/mol. The Hall–Kier alpha value is -0.950. The first-order valence-corrected chi connectivity index (χ1v) is 8.14. The Balaban J connectivity index is 2.29. The summed E-state index contributed by atoms with van der Waals surface area (Å²) >= 11 is 0. The minimum absolute atomic E-state index is 0.240. The van der Waals surface area contributed by atoms with E-state index in [0.717, 1.165) is 6.42 Å². The minimum atomic E-state index is -4.18. The second-order valence-corrected chi connectivity index (χ2v) is 6.89. The van der Waals surface area contributed by atoms with Crippen LogP contribution in [0.25, 0.3) is 0 Å². The van der Waals surface area contributed by atoms with E-state index >= 15 is 0 Å². The second-order valence-electron chi connectivity index (χ2n) is 5.29. The molecule has 0 saturated carbocycles. The first-order chi connectivity index (χ1) is 9.47. The van der Waals surface area contributed by atoms with Gasteiger partial charge in [0.2, 0.25) is 0 Å². The fraction of sp³-hybridized carbons (Fsp3) is 0.571. The van der Waals surface area contributed by atoms with Crippen LogP contribution >= 0.6 is 0 Å². The van der Waals surface area contributed by atoms with Crippen molar-refractivity contribution in [1.29, 1.82) is 0 Å². The van der Waals surface area contributed by atoms with Gasteiger partial charge in [-0.1, -0.05) is 37.3 Å². The van der Waals surface area contributed by atoms with Crippen molar-refractivity contribution in [3.05, 3.63) is 35.9 Å². The number of hydrogen-bond acceptors (Lipinski definition) is 4. The molecule has 0 aliphatic carbocycles. The summed E-state index contributed by atoms with van der Waals surface area (Å²) in [7, 11) is -4.18. The molecule has 6 heteroatoms. The summed E-state index contributed by atoms with van der Waals surface area (Å²) in [5.41, 5.74) is 0.211. The Morgan fingerprint density at radius 2 is 1.85 bits per heavy atom. The van der Waals surface area contributed by atoms with Gasteiger partial charge in [0.15, 0.2) is 0 Å². The molecule has 20 heavy (non-hydrogen) atoms. The van der Waals surface area contributed by atoms with E-state index in [-0.39, 0.29) is 18.6 Å². The molecule has 1 aromatic carbocycles. The molecule has 0 radical (unpaired) electrons. The molecule has 0 amide bonds. The van der Waals surface area contributed by atoms with Gasteiger partial charge in [-0.05, 0) is 18.4 Å². The fourth-order valence-corrected chi connectivity index (χ4v) is 3.60. The summed E-state index contributed by atoms with van der Waals surface area (Å²) < 4.78 is 43.7. The van der Waals surface area contributed by atoms with Gasteiger partial charge in [-0.25, -0.2) is 0 Å². The Morgan fingerprint density at radius 3 is 2.35 bits per heavy atom. The highest BCUT2D eigenvalue weighted by atomic mass is 32.2. The molecule has 112 valence electrons. The third kappa shape index (κ3) is 3.58. The zero-order chi connectivity index (χ0) is 14.6. The molecule has 0 aromatic heterocycles. The van der Waals surface area contributed by atoms with Crippen molar-refractivity contribution in [1.82, 2.24) is 0 Å². The molecule has 0 spiro atoms. The van der Waals surface area contributed by atoms with E-state index in [1.165, 1.54) is 0 Å². The van der Waals surface area contributed by atoms with Gasteiger partial charge < -0.3 is 9.47 Å². The average molecular weight is 300 g/mol. The van der Waals surface area contributed by atoms with Crippen molar-refractivity contribution in [2.75, 3.05) is 20.0 Å². The normalized spacial score (nSPS) is 20.5. The predicted molar refractivity (Wildman–Crippen MR) is 74.8 cm³/mol. The van der Waals surface area contributed by atoms with Crippen molar-refractivity contribution in [3.63, 3.8) is 0 Å². The van der Waals surface area contributed by atoms with Crippen LogP contribution in [-0.2, 0) is 19.6 Å². The molecule has 1 heterocycles. The van der Waals surface area contributed by atoms with E-state index in [0.29, 0.717) is 18.8 Å². The molecule has 5 nitrogen and oxygen atoms in total. The van der Waals surface area contributed by atoms with Gasteiger partial charge in [0.05, 0.1) is 13.2 Å². The number of hydrogen-bond donors (Lipinski definition) is 1. The van der Waals surface area contributed by atoms with Gasteiger partial charge in [0, 0.05) is 5.41 Å². The van der Waals surface area contributed by atoms with E-state index in [9.17, 15) is 13.0 Å². The molecule has 1 aliphatic rings. The molecule has 1 saturated heterocycles. The standard InChI is InChI=1S/C14H20O5S/c1-2-14(9-18-11-19-10-14)8-13(20(15,16)17)12-6-4-3-5-7-12/h3-7,13H,2,8-11H2,1H3,(H,15,16,17). The van der Waals surface area contributed by atoms with E-state index in [4.69, 9.17) is 9.47 Å². The summed E-state index contributed by atoms with van der Waals surface area (Å²) in [6, 6.07) is 8.77. The van der Waals surface area contributed by atoms with Crippen molar-refractivity contribution in [2.45, 2.75) is 25.0 Å². The Morgan fingerprint density at radius 1 is 1.25 bits per heavy atom. The summed E-state index contributed by atoms with van der Waals surface area (Å²) in [4.78, 5) is 0. The highest BCUT2D eigenvalue weighted by Gasteiger charge is 2.39. The largest absolute Gasteiger partial charge is 0.355 e. The van der Waals surface area contributed by atoms with Crippen molar-refractivity contribution in [2.24, 2.45) is 5.41 Å². The lowest BCUT2D eigenvalue weighted by atomic mass is 9.80. The van der Waals surface area contributed by atoms with E-state index in [1.54, 1.807) is 24.3 Å². The lowest BCUT2D eigenvalue weighted by Gasteiger charge is -2.37. The van der Waals surface area contributed by atoms with Crippen LogP contribution in [0.2, 0.25) is 0 Å². The third-order valence-electron chi connectivity index (χ3n) is 3.88. The highest BCUT2D eigenvalue weighted by Crippen LogP contribution is 2.39. The van der Waals surface area contributed by atoms with Crippen molar-refractivity contribution >= 4 is 10.1 Å². The molecule has 1 N–H and O–H groups in total.